The summed E-state index contributed by atoms with van der Waals surface area (Å²) in [5.74, 6) is 1.35. The van der Waals surface area contributed by atoms with Gasteiger partial charge in [-0.25, -0.2) is 0 Å². The van der Waals surface area contributed by atoms with E-state index in [-0.39, 0.29) is 24.4 Å². The first-order chi connectivity index (χ1) is 9.56. The Morgan fingerprint density at radius 1 is 1.38 bits per heavy atom. The maximum Gasteiger partial charge on any atom is 0.221 e. The minimum atomic E-state index is -0.130. The van der Waals surface area contributed by atoms with Crippen LogP contribution >= 0.6 is 12.4 Å². The third-order valence-corrected chi connectivity index (χ3v) is 2.69. The molecule has 0 aliphatic heterocycles. The van der Waals surface area contributed by atoms with Crippen molar-refractivity contribution >= 4 is 18.3 Å². The van der Waals surface area contributed by atoms with Gasteiger partial charge in [0.05, 0.1) is 13.7 Å². The van der Waals surface area contributed by atoms with Gasteiger partial charge in [0.25, 0.3) is 0 Å². The van der Waals surface area contributed by atoms with Crippen LogP contribution in [0, 0.1) is 0 Å². The lowest BCUT2D eigenvalue weighted by Gasteiger charge is -2.12. The Morgan fingerprint density at radius 3 is 2.67 bits per heavy atom. The predicted octanol–water partition coefficient (Wildman–Crippen LogP) is 2.26. The van der Waals surface area contributed by atoms with Gasteiger partial charge in [-0.2, -0.15) is 0 Å². The van der Waals surface area contributed by atoms with Crippen LogP contribution in [0.3, 0.4) is 0 Å². The highest BCUT2D eigenvalue weighted by atomic mass is 35.5. The molecule has 1 amide bonds. The van der Waals surface area contributed by atoms with E-state index in [1.807, 2.05) is 25.1 Å². The number of nitrogens with one attached hydrogen (secondary N) is 1. The second kappa shape index (κ2) is 10.3. The summed E-state index contributed by atoms with van der Waals surface area (Å²) in [6.45, 7) is 4.97. The zero-order valence-electron chi connectivity index (χ0n) is 12.8. The number of benzene rings is 1. The SMILES string of the molecule is CCCOc1ccc(CNC(=O)CC(C)N)cc1OC.Cl. The number of methoxy groups -OCH3 is 1. The van der Waals surface area contributed by atoms with Crippen molar-refractivity contribution in [1.29, 1.82) is 0 Å². The van der Waals surface area contributed by atoms with Gasteiger partial charge in [0, 0.05) is 19.0 Å². The van der Waals surface area contributed by atoms with Gasteiger partial charge < -0.3 is 20.5 Å². The van der Waals surface area contributed by atoms with E-state index in [4.69, 9.17) is 15.2 Å². The highest BCUT2D eigenvalue weighted by Crippen LogP contribution is 2.28. The second-order valence-corrected chi connectivity index (χ2v) is 4.79. The first-order valence-electron chi connectivity index (χ1n) is 6.88. The number of amides is 1. The van der Waals surface area contributed by atoms with Crippen LogP contribution in [0.25, 0.3) is 0 Å². The van der Waals surface area contributed by atoms with Crippen LogP contribution in [-0.4, -0.2) is 25.7 Å². The number of hydrogen-bond donors (Lipinski definition) is 2. The van der Waals surface area contributed by atoms with Crippen LogP contribution < -0.4 is 20.5 Å². The van der Waals surface area contributed by atoms with Crippen molar-refractivity contribution in [3.8, 4) is 11.5 Å². The molecule has 0 saturated carbocycles. The van der Waals surface area contributed by atoms with E-state index in [0.29, 0.717) is 25.3 Å². The Hall–Kier alpha value is -1.46. The van der Waals surface area contributed by atoms with Crippen molar-refractivity contribution in [3.05, 3.63) is 23.8 Å². The van der Waals surface area contributed by atoms with Crippen LogP contribution in [0.2, 0.25) is 0 Å². The molecule has 0 aliphatic rings. The summed E-state index contributed by atoms with van der Waals surface area (Å²) in [5, 5.41) is 2.83. The quantitative estimate of drug-likeness (QED) is 0.771. The fourth-order valence-electron chi connectivity index (χ4n) is 1.72. The Bertz CT molecular complexity index is 439. The summed E-state index contributed by atoms with van der Waals surface area (Å²) in [6.07, 6.45) is 1.27. The molecule has 0 aromatic heterocycles. The molecule has 0 saturated heterocycles. The van der Waals surface area contributed by atoms with E-state index in [1.165, 1.54) is 0 Å². The Kier molecular flexibility index (Phi) is 9.58. The van der Waals surface area contributed by atoms with Crippen LogP contribution in [0.4, 0.5) is 0 Å². The van der Waals surface area contributed by atoms with Gasteiger partial charge in [-0.3, -0.25) is 4.79 Å². The smallest absolute Gasteiger partial charge is 0.221 e. The van der Waals surface area contributed by atoms with Crippen molar-refractivity contribution < 1.29 is 14.3 Å². The topological polar surface area (TPSA) is 73.6 Å². The maximum atomic E-state index is 11.5. The molecular formula is C15H25ClN2O3. The van der Waals surface area contributed by atoms with Crippen molar-refractivity contribution in [3.63, 3.8) is 0 Å². The van der Waals surface area contributed by atoms with E-state index in [1.54, 1.807) is 7.11 Å². The number of halogens is 1. The van der Waals surface area contributed by atoms with Crippen molar-refractivity contribution in [2.75, 3.05) is 13.7 Å². The molecule has 120 valence electrons. The largest absolute Gasteiger partial charge is 0.493 e. The normalized spacial score (nSPS) is 11.2. The number of hydrogen-bond acceptors (Lipinski definition) is 4. The molecule has 1 aromatic carbocycles. The average molecular weight is 317 g/mol. The number of rotatable bonds is 8. The number of nitrogens with two attached hydrogens (primary N) is 1. The van der Waals surface area contributed by atoms with E-state index in [2.05, 4.69) is 12.2 Å². The summed E-state index contributed by atoms with van der Waals surface area (Å²) in [7, 11) is 1.60. The Morgan fingerprint density at radius 2 is 2.10 bits per heavy atom. The number of carbonyl (C=O) groups is 1. The first kappa shape index (κ1) is 19.5. The molecule has 5 nitrogen and oxygen atoms in total. The molecule has 6 heteroatoms. The zero-order valence-corrected chi connectivity index (χ0v) is 13.7. The predicted molar refractivity (Wildman–Crippen MR) is 86.1 cm³/mol. The molecular weight excluding hydrogens is 292 g/mol. The first-order valence-corrected chi connectivity index (χ1v) is 6.88. The molecule has 1 rings (SSSR count). The van der Waals surface area contributed by atoms with Crippen LogP contribution in [0.1, 0.15) is 32.3 Å². The second-order valence-electron chi connectivity index (χ2n) is 4.79. The Labute approximate surface area is 132 Å². The van der Waals surface area contributed by atoms with E-state index in [0.717, 1.165) is 17.7 Å². The van der Waals surface area contributed by atoms with Gasteiger partial charge >= 0.3 is 0 Å². The summed E-state index contributed by atoms with van der Waals surface area (Å²) >= 11 is 0. The van der Waals surface area contributed by atoms with Crippen LogP contribution in [0.5, 0.6) is 11.5 Å². The lowest BCUT2D eigenvalue weighted by Crippen LogP contribution is -2.29. The molecule has 1 aromatic rings. The number of ether oxygens (including phenoxy) is 2. The molecule has 0 aliphatic carbocycles. The lowest BCUT2D eigenvalue weighted by atomic mass is 10.2. The molecule has 0 fully saturated rings. The Balaban J connectivity index is 0.00000400. The van der Waals surface area contributed by atoms with E-state index < -0.39 is 0 Å². The third kappa shape index (κ3) is 7.20. The summed E-state index contributed by atoms with van der Waals surface area (Å²) in [6, 6.07) is 5.52. The molecule has 0 radical (unpaired) electrons. The maximum absolute atomic E-state index is 11.5. The van der Waals surface area contributed by atoms with E-state index >= 15 is 0 Å². The molecule has 21 heavy (non-hydrogen) atoms. The minimum absolute atomic E-state index is 0. The van der Waals surface area contributed by atoms with Crippen molar-refractivity contribution in [2.45, 2.75) is 39.3 Å². The van der Waals surface area contributed by atoms with Crippen LogP contribution in [0.15, 0.2) is 18.2 Å². The van der Waals surface area contributed by atoms with Crippen molar-refractivity contribution in [2.24, 2.45) is 5.73 Å². The fraction of sp³-hybridized carbons (Fsp3) is 0.533. The highest BCUT2D eigenvalue weighted by Gasteiger charge is 2.08. The molecule has 0 heterocycles. The summed E-state index contributed by atoms with van der Waals surface area (Å²) in [4.78, 5) is 11.5. The lowest BCUT2D eigenvalue weighted by molar-refractivity contribution is -0.121. The minimum Gasteiger partial charge on any atom is -0.493 e. The molecule has 3 N–H and O–H groups in total. The van der Waals surface area contributed by atoms with Gasteiger partial charge in [-0.1, -0.05) is 13.0 Å². The molecule has 1 unspecified atom stereocenters. The van der Waals surface area contributed by atoms with Gasteiger partial charge in [-0.05, 0) is 31.0 Å². The zero-order chi connectivity index (χ0) is 15.0. The third-order valence-electron chi connectivity index (χ3n) is 2.69. The molecule has 0 bridgehead atoms. The summed E-state index contributed by atoms with van der Waals surface area (Å²) in [5.41, 5.74) is 6.54. The van der Waals surface area contributed by atoms with Crippen LogP contribution in [-0.2, 0) is 11.3 Å². The van der Waals surface area contributed by atoms with Gasteiger partial charge in [0.2, 0.25) is 5.91 Å². The highest BCUT2D eigenvalue weighted by molar-refractivity contribution is 5.85. The van der Waals surface area contributed by atoms with Gasteiger partial charge in [0.1, 0.15) is 0 Å². The van der Waals surface area contributed by atoms with Gasteiger partial charge in [-0.15, -0.1) is 12.4 Å². The average Bonchev–Trinajstić information content (AvgIpc) is 2.42. The van der Waals surface area contributed by atoms with Crippen molar-refractivity contribution in [1.82, 2.24) is 5.32 Å². The number of carbonyl (C=O) groups excluding carboxylic acids is 1. The van der Waals surface area contributed by atoms with Gasteiger partial charge in [0.15, 0.2) is 11.5 Å². The molecule has 1 atom stereocenters. The van der Waals surface area contributed by atoms with E-state index in [9.17, 15) is 4.79 Å². The molecule has 0 spiro atoms. The monoisotopic (exact) mass is 316 g/mol. The fourth-order valence-corrected chi connectivity index (χ4v) is 1.72. The standard InChI is InChI=1S/C15H24N2O3.ClH/c1-4-7-20-13-6-5-12(9-14(13)19-3)10-17-15(18)8-11(2)16;/h5-6,9,11H,4,7-8,10,16H2,1-3H3,(H,17,18);1H. The summed E-state index contributed by atoms with van der Waals surface area (Å²) < 4.78 is 10.9.